The van der Waals surface area contributed by atoms with Crippen molar-refractivity contribution >= 4 is 11.8 Å². The smallest absolute Gasteiger partial charge is 0.274 e. The first-order valence-electron chi connectivity index (χ1n) is 8.36. The first-order valence-corrected chi connectivity index (χ1v) is 8.36. The molecule has 1 aromatic heterocycles. The fourth-order valence-electron chi connectivity index (χ4n) is 2.63. The molecule has 6 heteroatoms. The van der Waals surface area contributed by atoms with E-state index in [1.165, 1.54) is 0 Å². The zero-order valence-electron chi connectivity index (χ0n) is 14.3. The number of primary amides is 1. The van der Waals surface area contributed by atoms with Crippen molar-refractivity contribution in [2.75, 3.05) is 6.54 Å². The Balaban J connectivity index is 1.80. The summed E-state index contributed by atoms with van der Waals surface area (Å²) in [7, 11) is 0. The lowest BCUT2D eigenvalue weighted by molar-refractivity contribution is -0.118. The van der Waals surface area contributed by atoms with Gasteiger partial charge in [0.25, 0.3) is 5.91 Å². The second-order valence-electron chi connectivity index (χ2n) is 5.91. The minimum atomic E-state index is -0.439. The maximum atomic E-state index is 12.9. The van der Waals surface area contributed by atoms with E-state index in [1.807, 2.05) is 60.7 Å². The van der Waals surface area contributed by atoms with Crippen LogP contribution in [0.5, 0.6) is 0 Å². The molecule has 3 aromatic rings. The van der Waals surface area contributed by atoms with Gasteiger partial charge in [0.15, 0.2) is 5.69 Å². The van der Waals surface area contributed by atoms with Crippen LogP contribution in [0.25, 0.3) is 5.69 Å². The van der Waals surface area contributed by atoms with Crippen molar-refractivity contribution in [2.45, 2.75) is 13.0 Å². The lowest BCUT2D eigenvalue weighted by Gasteiger charge is -2.21. The van der Waals surface area contributed by atoms with E-state index in [0.29, 0.717) is 12.2 Å². The highest BCUT2D eigenvalue weighted by molar-refractivity contribution is 5.92. The lowest BCUT2D eigenvalue weighted by Crippen LogP contribution is -2.34. The number of hydrogen-bond donors (Lipinski definition) is 1. The predicted molar refractivity (Wildman–Crippen MR) is 98.6 cm³/mol. The van der Waals surface area contributed by atoms with Gasteiger partial charge in [-0.2, -0.15) is 5.10 Å². The molecule has 2 amide bonds. The molecular formula is C20H20N4O2. The molecular weight excluding hydrogens is 328 g/mol. The lowest BCUT2D eigenvalue weighted by atomic mass is 10.2. The average Bonchev–Trinajstić information content (AvgIpc) is 3.16. The molecule has 0 aliphatic rings. The molecule has 2 aromatic carbocycles. The van der Waals surface area contributed by atoms with Gasteiger partial charge in [0.1, 0.15) is 0 Å². The minimum absolute atomic E-state index is 0.109. The van der Waals surface area contributed by atoms with Gasteiger partial charge >= 0.3 is 0 Å². The summed E-state index contributed by atoms with van der Waals surface area (Å²) in [6.07, 6.45) is 1.86. The third-order valence-corrected chi connectivity index (χ3v) is 3.96. The summed E-state index contributed by atoms with van der Waals surface area (Å²) in [6.45, 7) is 0.645. The summed E-state index contributed by atoms with van der Waals surface area (Å²) in [5, 5.41) is 4.38. The summed E-state index contributed by atoms with van der Waals surface area (Å²) in [5.74, 6) is -0.671. The number of amides is 2. The fraction of sp³-hybridized carbons (Fsp3) is 0.150. The Morgan fingerprint density at radius 3 is 2.27 bits per heavy atom. The maximum absolute atomic E-state index is 12.9. The Bertz CT molecular complexity index is 875. The number of hydrogen-bond acceptors (Lipinski definition) is 3. The van der Waals surface area contributed by atoms with E-state index >= 15 is 0 Å². The summed E-state index contributed by atoms with van der Waals surface area (Å²) < 4.78 is 1.65. The summed E-state index contributed by atoms with van der Waals surface area (Å²) in [6, 6.07) is 20.9. The molecule has 6 nitrogen and oxygen atoms in total. The van der Waals surface area contributed by atoms with Crippen LogP contribution in [0.1, 0.15) is 22.5 Å². The third kappa shape index (κ3) is 4.36. The number of rotatable bonds is 7. The van der Waals surface area contributed by atoms with Crippen LogP contribution in [0.3, 0.4) is 0 Å². The Labute approximate surface area is 151 Å². The molecule has 0 fully saturated rings. The molecule has 0 saturated heterocycles. The van der Waals surface area contributed by atoms with Crippen LogP contribution in [-0.2, 0) is 11.3 Å². The van der Waals surface area contributed by atoms with Crippen LogP contribution in [0.15, 0.2) is 72.9 Å². The van der Waals surface area contributed by atoms with Crippen LogP contribution >= 0.6 is 0 Å². The maximum Gasteiger partial charge on any atom is 0.274 e. The van der Waals surface area contributed by atoms with Crippen molar-refractivity contribution in [3.05, 3.63) is 84.2 Å². The van der Waals surface area contributed by atoms with E-state index in [9.17, 15) is 9.59 Å². The van der Waals surface area contributed by atoms with E-state index < -0.39 is 5.91 Å². The number of carbonyl (C=O) groups is 2. The number of nitrogens with two attached hydrogens (primary N) is 1. The molecule has 3 rings (SSSR count). The topological polar surface area (TPSA) is 81.2 Å². The van der Waals surface area contributed by atoms with E-state index in [1.54, 1.807) is 21.8 Å². The van der Waals surface area contributed by atoms with Crippen molar-refractivity contribution in [1.82, 2.24) is 14.7 Å². The van der Waals surface area contributed by atoms with Gasteiger partial charge in [0.05, 0.1) is 5.69 Å². The molecule has 1 heterocycles. The number of aromatic nitrogens is 2. The molecule has 0 aliphatic carbocycles. The van der Waals surface area contributed by atoms with Crippen molar-refractivity contribution in [3.63, 3.8) is 0 Å². The molecule has 0 aliphatic heterocycles. The minimum Gasteiger partial charge on any atom is -0.370 e. The van der Waals surface area contributed by atoms with Crippen LogP contribution in [0.4, 0.5) is 0 Å². The van der Waals surface area contributed by atoms with Gasteiger partial charge in [0, 0.05) is 25.7 Å². The monoisotopic (exact) mass is 348 g/mol. The zero-order valence-corrected chi connectivity index (χ0v) is 14.3. The quantitative estimate of drug-likeness (QED) is 0.712. The van der Waals surface area contributed by atoms with Crippen molar-refractivity contribution in [2.24, 2.45) is 5.73 Å². The third-order valence-electron chi connectivity index (χ3n) is 3.96. The van der Waals surface area contributed by atoms with E-state index in [0.717, 1.165) is 11.3 Å². The predicted octanol–water partition coefficient (Wildman–Crippen LogP) is 2.39. The van der Waals surface area contributed by atoms with E-state index in [-0.39, 0.29) is 18.9 Å². The molecule has 2 N–H and O–H groups in total. The van der Waals surface area contributed by atoms with Gasteiger partial charge in [-0.1, -0.05) is 48.5 Å². The van der Waals surface area contributed by atoms with Crippen molar-refractivity contribution in [1.29, 1.82) is 0 Å². The molecule has 26 heavy (non-hydrogen) atoms. The van der Waals surface area contributed by atoms with Crippen LogP contribution in [0, 0.1) is 0 Å². The van der Waals surface area contributed by atoms with Crippen LogP contribution < -0.4 is 5.73 Å². The molecule has 0 spiro atoms. The fourth-order valence-corrected chi connectivity index (χ4v) is 2.63. The molecule has 0 bridgehead atoms. The van der Waals surface area contributed by atoms with Crippen LogP contribution in [-0.4, -0.2) is 33.0 Å². The van der Waals surface area contributed by atoms with Crippen LogP contribution in [0.2, 0.25) is 0 Å². The molecule has 0 saturated carbocycles. The largest absolute Gasteiger partial charge is 0.370 e. The number of para-hydroxylation sites is 1. The Hall–Kier alpha value is -3.41. The summed E-state index contributed by atoms with van der Waals surface area (Å²) in [4.78, 5) is 25.7. The first kappa shape index (κ1) is 17.4. The summed E-state index contributed by atoms with van der Waals surface area (Å²) in [5.41, 5.74) is 7.44. The van der Waals surface area contributed by atoms with E-state index in [2.05, 4.69) is 5.10 Å². The standard InChI is InChI=1S/C20H20N4O2/c21-19(25)12-13-23(15-16-7-3-1-4-8-16)20(26)18-11-14-24(22-18)17-9-5-2-6-10-17/h1-11,14H,12-13,15H2,(H2,21,25). The molecule has 132 valence electrons. The van der Waals surface area contributed by atoms with Gasteiger partial charge in [0.2, 0.25) is 5.91 Å². The number of carbonyl (C=O) groups excluding carboxylic acids is 2. The van der Waals surface area contributed by atoms with Gasteiger partial charge < -0.3 is 10.6 Å². The normalized spacial score (nSPS) is 10.5. The molecule has 0 unspecified atom stereocenters. The van der Waals surface area contributed by atoms with Gasteiger partial charge in [-0.25, -0.2) is 4.68 Å². The van der Waals surface area contributed by atoms with Gasteiger partial charge in [-0.15, -0.1) is 0 Å². The second kappa shape index (κ2) is 8.11. The van der Waals surface area contributed by atoms with Crippen molar-refractivity contribution in [3.8, 4) is 5.69 Å². The van der Waals surface area contributed by atoms with Crippen molar-refractivity contribution < 1.29 is 9.59 Å². The summed E-state index contributed by atoms with van der Waals surface area (Å²) >= 11 is 0. The SMILES string of the molecule is NC(=O)CCN(Cc1ccccc1)C(=O)c1ccn(-c2ccccc2)n1. The first-order chi connectivity index (χ1) is 12.6. The highest BCUT2D eigenvalue weighted by atomic mass is 16.2. The van der Waals surface area contributed by atoms with Gasteiger partial charge in [-0.3, -0.25) is 9.59 Å². The Morgan fingerprint density at radius 2 is 1.62 bits per heavy atom. The number of benzene rings is 2. The Morgan fingerprint density at radius 1 is 0.962 bits per heavy atom. The molecule has 0 radical (unpaired) electrons. The molecule has 0 atom stereocenters. The highest BCUT2D eigenvalue weighted by Gasteiger charge is 2.19. The van der Waals surface area contributed by atoms with Gasteiger partial charge in [-0.05, 0) is 23.8 Å². The average molecular weight is 348 g/mol. The Kier molecular flexibility index (Phi) is 5.43. The van der Waals surface area contributed by atoms with E-state index in [4.69, 9.17) is 5.73 Å². The second-order valence-corrected chi connectivity index (χ2v) is 5.91. The zero-order chi connectivity index (χ0) is 18.4. The number of nitrogens with zero attached hydrogens (tertiary/aromatic N) is 3. The highest BCUT2D eigenvalue weighted by Crippen LogP contribution is 2.12.